The van der Waals surface area contributed by atoms with Crippen molar-refractivity contribution in [1.82, 2.24) is 20.3 Å². The minimum absolute atomic E-state index is 0.515. The number of halogens is 1. The van der Waals surface area contributed by atoms with Gasteiger partial charge in [0.1, 0.15) is 0 Å². The maximum atomic E-state index is 5.39. The Morgan fingerprint density at radius 2 is 2.05 bits per heavy atom. The Morgan fingerprint density at radius 1 is 1.14 bits per heavy atom. The standard InChI is InChI=1S/C16H11BrN4O/c17-14-8-11(7-10-3-1-2-4-13(10)14)16-19-15(21-22-16)9-12-5-6-18-20-12/h1-8H,9H2,(H,18,20). The van der Waals surface area contributed by atoms with Crippen LogP contribution in [0.5, 0.6) is 0 Å². The molecule has 0 unspecified atom stereocenters. The van der Waals surface area contributed by atoms with Crippen molar-refractivity contribution in [2.24, 2.45) is 0 Å². The number of nitrogens with zero attached hydrogens (tertiary/aromatic N) is 3. The highest BCUT2D eigenvalue weighted by Crippen LogP contribution is 2.30. The summed E-state index contributed by atoms with van der Waals surface area (Å²) < 4.78 is 6.40. The number of rotatable bonds is 3. The zero-order chi connectivity index (χ0) is 14.9. The van der Waals surface area contributed by atoms with Crippen molar-refractivity contribution in [3.05, 3.63) is 64.7 Å². The van der Waals surface area contributed by atoms with Gasteiger partial charge >= 0.3 is 0 Å². The van der Waals surface area contributed by atoms with E-state index in [1.165, 1.54) is 0 Å². The largest absolute Gasteiger partial charge is 0.334 e. The third-order valence-electron chi connectivity index (χ3n) is 3.43. The molecule has 0 fully saturated rings. The van der Waals surface area contributed by atoms with E-state index in [4.69, 9.17) is 4.52 Å². The molecule has 2 heterocycles. The highest BCUT2D eigenvalue weighted by Gasteiger charge is 2.12. The number of fused-ring (bicyclic) bond motifs is 1. The Bertz CT molecular complexity index is 930. The monoisotopic (exact) mass is 354 g/mol. The predicted octanol–water partition coefficient (Wildman–Crippen LogP) is 3.97. The summed E-state index contributed by atoms with van der Waals surface area (Å²) in [6.45, 7) is 0. The highest BCUT2D eigenvalue weighted by molar-refractivity contribution is 9.10. The molecule has 5 nitrogen and oxygen atoms in total. The Morgan fingerprint density at radius 3 is 2.91 bits per heavy atom. The van der Waals surface area contributed by atoms with E-state index in [0.29, 0.717) is 18.1 Å². The fourth-order valence-electron chi connectivity index (χ4n) is 2.38. The zero-order valence-electron chi connectivity index (χ0n) is 11.5. The third-order valence-corrected chi connectivity index (χ3v) is 4.09. The van der Waals surface area contributed by atoms with Gasteiger partial charge in [0.15, 0.2) is 5.82 Å². The van der Waals surface area contributed by atoms with Gasteiger partial charge in [-0.05, 0) is 29.0 Å². The lowest BCUT2D eigenvalue weighted by molar-refractivity contribution is 0.423. The van der Waals surface area contributed by atoms with Crippen LogP contribution in [0, 0.1) is 0 Å². The summed E-state index contributed by atoms with van der Waals surface area (Å²) in [6.07, 6.45) is 2.27. The molecule has 6 heteroatoms. The molecule has 0 saturated carbocycles. The molecule has 0 amide bonds. The van der Waals surface area contributed by atoms with Crippen molar-refractivity contribution in [3.63, 3.8) is 0 Å². The summed E-state index contributed by atoms with van der Waals surface area (Å²) in [5.41, 5.74) is 1.85. The van der Waals surface area contributed by atoms with Crippen LogP contribution in [-0.4, -0.2) is 20.3 Å². The molecule has 0 aliphatic carbocycles. The van der Waals surface area contributed by atoms with Gasteiger partial charge in [0.25, 0.3) is 5.89 Å². The lowest BCUT2D eigenvalue weighted by atomic mass is 10.1. The maximum absolute atomic E-state index is 5.39. The average Bonchev–Trinajstić information content (AvgIpc) is 3.20. The van der Waals surface area contributed by atoms with Crippen LogP contribution in [0.4, 0.5) is 0 Å². The first kappa shape index (κ1) is 13.2. The van der Waals surface area contributed by atoms with Crippen LogP contribution in [0.2, 0.25) is 0 Å². The molecule has 4 aromatic rings. The van der Waals surface area contributed by atoms with E-state index in [1.54, 1.807) is 6.20 Å². The molecule has 0 radical (unpaired) electrons. The number of nitrogens with one attached hydrogen (secondary N) is 1. The zero-order valence-corrected chi connectivity index (χ0v) is 13.0. The molecule has 0 atom stereocenters. The van der Waals surface area contributed by atoms with Gasteiger partial charge in [0.05, 0.1) is 6.42 Å². The van der Waals surface area contributed by atoms with Crippen LogP contribution in [0.3, 0.4) is 0 Å². The Labute approximate surface area is 134 Å². The summed E-state index contributed by atoms with van der Waals surface area (Å²) in [4.78, 5) is 4.46. The molecule has 1 N–H and O–H groups in total. The molecular weight excluding hydrogens is 344 g/mol. The number of aromatic amines is 1. The number of benzene rings is 2. The molecule has 0 saturated heterocycles. The second kappa shape index (κ2) is 5.38. The van der Waals surface area contributed by atoms with Crippen molar-refractivity contribution in [2.75, 3.05) is 0 Å². The van der Waals surface area contributed by atoms with E-state index in [1.807, 2.05) is 30.3 Å². The Hall–Kier alpha value is -2.47. The van der Waals surface area contributed by atoms with Crippen molar-refractivity contribution < 1.29 is 4.52 Å². The van der Waals surface area contributed by atoms with Crippen molar-refractivity contribution in [3.8, 4) is 11.5 Å². The first-order valence-corrected chi connectivity index (χ1v) is 7.58. The van der Waals surface area contributed by atoms with E-state index in [0.717, 1.165) is 26.5 Å². The highest BCUT2D eigenvalue weighted by atomic mass is 79.9. The molecule has 0 aliphatic rings. The average molecular weight is 355 g/mol. The van der Waals surface area contributed by atoms with E-state index in [-0.39, 0.29) is 0 Å². The Kier molecular flexibility index (Phi) is 3.23. The van der Waals surface area contributed by atoms with Crippen LogP contribution in [-0.2, 0) is 6.42 Å². The van der Waals surface area contributed by atoms with Crippen molar-refractivity contribution >= 4 is 26.7 Å². The summed E-state index contributed by atoms with van der Waals surface area (Å²) in [6, 6.07) is 14.1. The van der Waals surface area contributed by atoms with Crippen molar-refractivity contribution in [2.45, 2.75) is 6.42 Å². The molecule has 0 spiro atoms. The Balaban J connectivity index is 1.71. The molecule has 0 bridgehead atoms. The lowest BCUT2D eigenvalue weighted by Gasteiger charge is -2.02. The summed E-state index contributed by atoms with van der Waals surface area (Å²) in [5, 5.41) is 13.1. The molecule has 2 aromatic carbocycles. The van der Waals surface area contributed by atoms with Crippen LogP contribution in [0.15, 0.2) is 57.7 Å². The van der Waals surface area contributed by atoms with Gasteiger partial charge < -0.3 is 4.52 Å². The molecule has 4 rings (SSSR count). The maximum Gasteiger partial charge on any atom is 0.257 e. The smallest absolute Gasteiger partial charge is 0.257 e. The van der Waals surface area contributed by atoms with Crippen molar-refractivity contribution in [1.29, 1.82) is 0 Å². The van der Waals surface area contributed by atoms with E-state index in [2.05, 4.69) is 48.4 Å². The first-order valence-electron chi connectivity index (χ1n) is 6.79. The number of hydrogen-bond acceptors (Lipinski definition) is 4. The predicted molar refractivity (Wildman–Crippen MR) is 86.3 cm³/mol. The molecule has 108 valence electrons. The number of aromatic nitrogens is 4. The van der Waals surface area contributed by atoms with Gasteiger partial charge in [-0.25, -0.2) is 0 Å². The quantitative estimate of drug-likeness (QED) is 0.604. The summed E-state index contributed by atoms with van der Waals surface area (Å²) >= 11 is 3.60. The van der Waals surface area contributed by atoms with Crippen LogP contribution >= 0.6 is 15.9 Å². The molecule has 22 heavy (non-hydrogen) atoms. The fourth-order valence-corrected chi connectivity index (χ4v) is 2.99. The SMILES string of the molecule is Brc1cc(-c2nc(Cc3ccn[nH]3)no2)cc2ccccc12. The molecule has 2 aromatic heterocycles. The third kappa shape index (κ3) is 2.42. The topological polar surface area (TPSA) is 67.6 Å². The van der Waals surface area contributed by atoms with E-state index < -0.39 is 0 Å². The summed E-state index contributed by atoms with van der Waals surface area (Å²) in [5.74, 6) is 1.14. The second-order valence-electron chi connectivity index (χ2n) is 4.95. The molecular formula is C16H11BrN4O. The van der Waals surface area contributed by atoms with E-state index >= 15 is 0 Å². The van der Waals surface area contributed by atoms with Gasteiger partial charge in [-0.15, -0.1) is 0 Å². The minimum Gasteiger partial charge on any atom is -0.334 e. The fraction of sp³-hybridized carbons (Fsp3) is 0.0625. The minimum atomic E-state index is 0.515. The molecule has 0 aliphatic heterocycles. The van der Waals surface area contributed by atoms with Crippen LogP contribution in [0.1, 0.15) is 11.5 Å². The van der Waals surface area contributed by atoms with Gasteiger partial charge in [-0.2, -0.15) is 10.1 Å². The number of hydrogen-bond donors (Lipinski definition) is 1. The van der Waals surface area contributed by atoms with Gasteiger partial charge in [0.2, 0.25) is 0 Å². The van der Waals surface area contributed by atoms with Gasteiger partial charge in [-0.3, -0.25) is 5.10 Å². The van der Waals surface area contributed by atoms with Crippen LogP contribution in [0.25, 0.3) is 22.2 Å². The number of H-pyrrole nitrogens is 1. The second-order valence-corrected chi connectivity index (χ2v) is 5.81. The van der Waals surface area contributed by atoms with Crippen LogP contribution < -0.4 is 0 Å². The van der Waals surface area contributed by atoms with Gasteiger partial charge in [-0.1, -0.05) is 45.4 Å². The first-order chi connectivity index (χ1) is 10.8. The van der Waals surface area contributed by atoms with Gasteiger partial charge in [0, 0.05) is 21.9 Å². The summed E-state index contributed by atoms with van der Waals surface area (Å²) in [7, 11) is 0. The normalized spacial score (nSPS) is 11.1. The lowest BCUT2D eigenvalue weighted by Crippen LogP contribution is -1.91. The van der Waals surface area contributed by atoms with E-state index in [9.17, 15) is 0 Å².